The van der Waals surface area contributed by atoms with E-state index in [4.69, 9.17) is 14.2 Å². The van der Waals surface area contributed by atoms with Crippen LogP contribution in [-0.2, 0) is 24.7 Å². The van der Waals surface area contributed by atoms with Gasteiger partial charge in [-0.15, -0.1) is 11.6 Å². The van der Waals surface area contributed by atoms with E-state index in [-0.39, 0.29) is 18.7 Å². The predicted octanol–water partition coefficient (Wildman–Crippen LogP) is 3.71. The van der Waals surface area contributed by atoms with Gasteiger partial charge in [-0.2, -0.15) is 0 Å². The molecular weight excluding hydrogens is 430 g/mol. The molecule has 1 aromatic carbocycles. The molecule has 28 heavy (non-hydrogen) atoms. The van der Waals surface area contributed by atoms with Crippen LogP contribution in [0.3, 0.4) is 0 Å². The fourth-order valence-electron chi connectivity index (χ4n) is 3.05. The Morgan fingerprint density at radius 2 is 2.07 bits per heavy atom. The summed E-state index contributed by atoms with van der Waals surface area (Å²) in [6, 6.07) is 5.30. The molecule has 0 saturated carbocycles. The van der Waals surface area contributed by atoms with Crippen LogP contribution < -0.4 is 4.90 Å². The standard InChI is InChI=1S/C19H22BrN3O5/c1-6-9-22-15-8-7-13(20)10-14(15)19(16(22)24)23(18(25)27-12(4)5)21-17(28-19)26-11(2)3/h6-8,10-12H,1,9H2,2-5H3. The molecule has 2 heterocycles. The molecule has 0 bridgehead atoms. The fourth-order valence-corrected chi connectivity index (χ4v) is 3.41. The summed E-state index contributed by atoms with van der Waals surface area (Å²) in [6.07, 6.45) is -0.0503. The van der Waals surface area contributed by atoms with Crippen LogP contribution in [0.4, 0.5) is 10.5 Å². The van der Waals surface area contributed by atoms with E-state index in [1.54, 1.807) is 52.0 Å². The molecule has 0 aliphatic carbocycles. The van der Waals surface area contributed by atoms with Crippen molar-refractivity contribution < 1.29 is 23.8 Å². The highest BCUT2D eigenvalue weighted by Gasteiger charge is 2.64. The van der Waals surface area contributed by atoms with Gasteiger partial charge in [0.1, 0.15) is 0 Å². The van der Waals surface area contributed by atoms with Crippen LogP contribution in [0, 0.1) is 0 Å². The molecule has 2 aliphatic heterocycles. The number of anilines is 1. The summed E-state index contributed by atoms with van der Waals surface area (Å²) in [7, 11) is 0. The largest absolute Gasteiger partial charge is 0.447 e. The molecule has 0 saturated heterocycles. The number of hydrazone groups is 1. The Hall–Kier alpha value is -2.55. The topological polar surface area (TPSA) is 80.7 Å². The van der Waals surface area contributed by atoms with Crippen LogP contribution in [-0.4, -0.2) is 41.8 Å². The number of hydrogen-bond donors (Lipinski definition) is 0. The highest BCUT2D eigenvalue weighted by molar-refractivity contribution is 9.10. The molecule has 2 amide bonds. The summed E-state index contributed by atoms with van der Waals surface area (Å²) in [5, 5.41) is 5.05. The lowest BCUT2D eigenvalue weighted by Crippen LogP contribution is -2.52. The first-order chi connectivity index (χ1) is 13.2. The molecule has 0 fully saturated rings. The van der Waals surface area contributed by atoms with Crippen molar-refractivity contribution in [2.45, 2.75) is 45.6 Å². The van der Waals surface area contributed by atoms with Crippen LogP contribution in [0.15, 0.2) is 40.4 Å². The number of hydrogen-bond acceptors (Lipinski definition) is 6. The molecule has 1 unspecified atom stereocenters. The Bertz CT molecular complexity index is 854. The van der Waals surface area contributed by atoms with Gasteiger partial charge in [0, 0.05) is 11.0 Å². The summed E-state index contributed by atoms with van der Waals surface area (Å²) >= 11 is 3.42. The maximum absolute atomic E-state index is 13.5. The van der Waals surface area contributed by atoms with Crippen LogP contribution in [0.5, 0.6) is 0 Å². The van der Waals surface area contributed by atoms with Gasteiger partial charge in [-0.3, -0.25) is 4.79 Å². The molecule has 1 spiro atoms. The molecule has 8 nitrogen and oxygen atoms in total. The van der Waals surface area contributed by atoms with E-state index in [0.717, 1.165) is 9.48 Å². The number of carbonyl (C=O) groups excluding carboxylic acids is 2. The van der Waals surface area contributed by atoms with Crippen LogP contribution >= 0.6 is 15.9 Å². The lowest BCUT2D eigenvalue weighted by molar-refractivity contribution is -0.149. The molecule has 1 atom stereocenters. The highest BCUT2D eigenvalue weighted by atomic mass is 79.9. The number of amides is 2. The minimum Gasteiger partial charge on any atom is -0.447 e. The van der Waals surface area contributed by atoms with Crippen molar-refractivity contribution in [1.29, 1.82) is 0 Å². The third-order valence-electron chi connectivity index (χ3n) is 4.02. The summed E-state index contributed by atoms with van der Waals surface area (Å²) < 4.78 is 17.5. The van der Waals surface area contributed by atoms with Gasteiger partial charge >= 0.3 is 23.8 Å². The van der Waals surface area contributed by atoms with Gasteiger partial charge in [0.25, 0.3) is 0 Å². The van der Waals surface area contributed by atoms with E-state index in [9.17, 15) is 9.59 Å². The molecule has 3 rings (SSSR count). The molecule has 2 aliphatic rings. The molecule has 1 aromatic rings. The zero-order valence-corrected chi connectivity index (χ0v) is 17.7. The lowest BCUT2D eigenvalue weighted by Gasteiger charge is -2.29. The van der Waals surface area contributed by atoms with E-state index < -0.39 is 23.8 Å². The molecule has 0 radical (unpaired) electrons. The third-order valence-corrected chi connectivity index (χ3v) is 4.52. The van der Waals surface area contributed by atoms with E-state index in [0.29, 0.717) is 11.3 Å². The van der Waals surface area contributed by atoms with Crippen molar-refractivity contribution in [1.82, 2.24) is 5.01 Å². The second-order valence-corrected chi connectivity index (χ2v) is 7.80. The zero-order chi connectivity index (χ0) is 20.6. The van der Waals surface area contributed by atoms with E-state index in [2.05, 4.69) is 27.6 Å². The number of rotatable bonds is 4. The van der Waals surface area contributed by atoms with Crippen molar-refractivity contribution in [3.05, 3.63) is 40.9 Å². The Morgan fingerprint density at radius 3 is 2.68 bits per heavy atom. The number of nitrogens with zero attached hydrogens (tertiary/aromatic N) is 3. The van der Waals surface area contributed by atoms with Crippen molar-refractivity contribution in [3.63, 3.8) is 0 Å². The monoisotopic (exact) mass is 451 g/mol. The molecule has 9 heteroatoms. The minimum absolute atomic E-state index is 0.171. The Morgan fingerprint density at radius 1 is 1.36 bits per heavy atom. The second-order valence-electron chi connectivity index (χ2n) is 6.89. The maximum atomic E-state index is 13.5. The first-order valence-corrected chi connectivity index (χ1v) is 9.68. The summed E-state index contributed by atoms with van der Waals surface area (Å²) in [6.45, 7) is 11.0. The van der Waals surface area contributed by atoms with Gasteiger partial charge in [0.2, 0.25) is 0 Å². The van der Waals surface area contributed by atoms with E-state index in [1.165, 1.54) is 4.90 Å². The number of fused-ring (bicyclic) bond motifs is 2. The molecule has 150 valence electrons. The van der Waals surface area contributed by atoms with Crippen molar-refractivity contribution in [3.8, 4) is 0 Å². The average Bonchev–Trinajstić information content (AvgIpc) is 3.07. The van der Waals surface area contributed by atoms with Crippen LogP contribution in [0.25, 0.3) is 0 Å². The predicted molar refractivity (Wildman–Crippen MR) is 107 cm³/mol. The van der Waals surface area contributed by atoms with Crippen LogP contribution in [0.2, 0.25) is 0 Å². The van der Waals surface area contributed by atoms with Gasteiger partial charge in [-0.1, -0.05) is 27.1 Å². The first-order valence-electron chi connectivity index (χ1n) is 8.88. The van der Waals surface area contributed by atoms with Gasteiger partial charge < -0.3 is 19.1 Å². The van der Waals surface area contributed by atoms with E-state index in [1.807, 2.05) is 0 Å². The van der Waals surface area contributed by atoms with Gasteiger partial charge in [-0.25, -0.2) is 4.79 Å². The fraction of sp³-hybridized carbons (Fsp3) is 0.421. The molecule has 0 aromatic heterocycles. The minimum atomic E-state index is -1.84. The zero-order valence-electron chi connectivity index (χ0n) is 16.1. The van der Waals surface area contributed by atoms with Gasteiger partial charge in [0.05, 0.1) is 23.5 Å². The smallest absolute Gasteiger partial charge is 0.435 e. The quantitative estimate of drug-likeness (QED) is 0.651. The van der Waals surface area contributed by atoms with Crippen molar-refractivity contribution in [2.24, 2.45) is 5.10 Å². The molecule has 0 N–H and O–H groups in total. The van der Waals surface area contributed by atoms with Crippen LogP contribution in [0.1, 0.15) is 33.3 Å². The average molecular weight is 452 g/mol. The van der Waals surface area contributed by atoms with Crippen molar-refractivity contribution >= 4 is 39.7 Å². The SMILES string of the molecule is C=CCN1C(=O)C2(OC(OC(C)C)=NN2C(=O)OC(C)C)c2cc(Br)ccc21. The lowest BCUT2D eigenvalue weighted by atomic mass is 10.0. The second kappa shape index (κ2) is 7.46. The normalized spacial score (nSPS) is 20.5. The van der Waals surface area contributed by atoms with Gasteiger partial charge in [-0.05, 0) is 45.9 Å². The van der Waals surface area contributed by atoms with Crippen molar-refractivity contribution in [2.75, 3.05) is 11.4 Å². The Kier molecular flexibility index (Phi) is 5.38. The summed E-state index contributed by atoms with van der Waals surface area (Å²) in [5.41, 5.74) is -0.782. The number of halogens is 1. The first kappa shape index (κ1) is 20.2. The maximum Gasteiger partial charge on any atom is 0.435 e. The third kappa shape index (κ3) is 3.23. The molecular formula is C19H22BrN3O5. The summed E-state index contributed by atoms with van der Waals surface area (Å²) in [5.74, 6) is -0.479. The van der Waals surface area contributed by atoms with Gasteiger partial charge in [0.15, 0.2) is 0 Å². The number of carbonyl (C=O) groups is 2. The Labute approximate surface area is 171 Å². The number of ether oxygens (including phenoxy) is 3. The summed E-state index contributed by atoms with van der Waals surface area (Å²) in [4.78, 5) is 27.8. The Balaban J connectivity index is 2.15. The number of benzene rings is 1. The highest BCUT2D eigenvalue weighted by Crippen LogP contribution is 2.49. The van der Waals surface area contributed by atoms with E-state index >= 15 is 0 Å².